The average molecular weight is 271 g/mol. The highest BCUT2D eigenvalue weighted by molar-refractivity contribution is 5.87. The summed E-state index contributed by atoms with van der Waals surface area (Å²) in [6, 6.07) is 11.2. The van der Waals surface area contributed by atoms with E-state index >= 15 is 0 Å². The molecule has 0 aliphatic carbocycles. The van der Waals surface area contributed by atoms with Crippen molar-refractivity contribution in [2.75, 3.05) is 26.1 Å². The van der Waals surface area contributed by atoms with Gasteiger partial charge in [-0.05, 0) is 23.8 Å². The molecule has 0 radical (unpaired) electrons. The molecule has 2 rings (SSSR count). The first-order valence-corrected chi connectivity index (χ1v) is 6.21. The summed E-state index contributed by atoms with van der Waals surface area (Å²) in [6.45, 7) is 0. The van der Waals surface area contributed by atoms with Crippen LogP contribution in [0.3, 0.4) is 0 Å². The topological polar surface area (TPSA) is 49.8 Å². The van der Waals surface area contributed by atoms with E-state index in [1.54, 1.807) is 12.1 Å². The predicted octanol–water partition coefficient (Wildman–Crippen LogP) is 2.95. The average Bonchev–Trinajstić information content (AvgIpc) is 2.47. The molecule has 0 aliphatic rings. The van der Waals surface area contributed by atoms with Gasteiger partial charge in [-0.25, -0.2) is 0 Å². The van der Waals surface area contributed by atoms with Crippen LogP contribution >= 0.6 is 0 Å². The number of rotatable bonds is 4. The molecule has 2 aromatic rings. The number of para-hydroxylation sites is 1. The number of aldehydes is 1. The van der Waals surface area contributed by atoms with Crippen molar-refractivity contribution in [2.45, 2.75) is 0 Å². The van der Waals surface area contributed by atoms with Gasteiger partial charge in [-0.15, -0.1) is 0 Å². The molecule has 2 aromatic carbocycles. The third kappa shape index (κ3) is 2.45. The van der Waals surface area contributed by atoms with E-state index < -0.39 is 0 Å². The van der Waals surface area contributed by atoms with Crippen molar-refractivity contribution in [2.24, 2.45) is 0 Å². The number of anilines is 1. The van der Waals surface area contributed by atoms with Gasteiger partial charge in [0.2, 0.25) is 0 Å². The fourth-order valence-electron chi connectivity index (χ4n) is 2.14. The van der Waals surface area contributed by atoms with E-state index in [1.165, 1.54) is 7.11 Å². The monoisotopic (exact) mass is 271 g/mol. The second kappa shape index (κ2) is 5.65. The molecule has 0 heterocycles. The maximum atomic E-state index is 11.1. The van der Waals surface area contributed by atoms with Crippen molar-refractivity contribution in [1.29, 1.82) is 0 Å². The molecule has 0 spiro atoms. The number of carbonyl (C=O) groups excluding carboxylic acids is 1. The number of hydrogen-bond acceptors (Lipinski definition) is 4. The largest absolute Gasteiger partial charge is 0.504 e. The quantitative estimate of drug-likeness (QED) is 0.869. The zero-order chi connectivity index (χ0) is 14.7. The van der Waals surface area contributed by atoms with Crippen LogP contribution in [0.4, 0.5) is 5.69 Å². The first-order chi connectivity index (χ1) is 9.58. The Hall–Kier alpha value is -2.49. The molecule has 0 unspecified atom stereocenters. The second-order valence-corrected chi connectivity index (χ2v) is 4.65. The van der Waals surface area contributed by atoms with Crippen molar-refractivity contribution in [3.8, 4) is 22.6 Å². The Morgan fingerprint density at radius 3 is 2.50 bits per heavy atom. The van der Waals surface area contributed by atoms with Gasteiger partial charge in [-0.3, -0.25) is 4.79 Å². The van der Waals surface area contributed by atoms with Gasteiger partial charge in [-0.2, -0.15) is 0 Å². The Kier molecular flexibility index (Phi) is 3.94. The minimum atomic E-state index is -0.131. The summed E-state index contributed by atoms with van der Waals surface area (Å²) in [5, 5.41) is 9.87. The maximum Gasteiger partial charge on any atom is 0.168 e. The van der Waals surface area contributed by atoms with Crippen LogP contribution in [0.1, 0.15) is 10.4 Å². The van der Waals surface area contributed by atoms with Crippen molar-refractivity contribution in [3.63, 3.8) is 0 Å². The molecule has 4 nitrogen and oxygen atoms in total. The zero-order valence-corrected chi connectivity index (χ0v) is 11.8. The summed E-state index contributed by atoms with van der Waals surface area (Å²) < 4.78 is 5.13. The molecule has 20 heavy (non-hydrogen) atoms. The molecule has 0 bridgehead atoms. The number of carbonyl (C=O) groups is 1. The lowest BCUT2D eigenvalue weighted by Gasteiger charge is -2.18. The summed E-state index contributed by atoms with van der Waals surface area (Å²) >= 11 is 0. The zero-order valence-electron chi connectivity index (χ0n) is 11.8. The lowest BCUT2D eigenvalue weighted by Crippen LogP contribution is -2.09. The van der Waals surface area contributed by atoms with E-state index in [1.807, 2.05) is 43.3 Å². The Morgan fingerprint density at radius 2 is 1.90 bits per heavy atom. The third-order valence-corrected chi connectivity index (χ3v) is 3.15. The van der Waals surface area contributed by atoms with E-state index in [0.29, 0.717) is 6.29 Å². The molecule has 0 aliphatic heterocycles. The number of aromatic hydroxyl groups is 1. The lowest BCUT2D eigenvalue weighted by molar-refractivity contribution is 0.112. The maximum absolute atomic E-state index is 11.1. The van der Waals surface area contributed by atoms with E-state index in [9.17, 15) is 9.90 Å². The molecule has 0 saturated heterocycles. The van der Waals surface area contributed by atoms with Gasteiger partial charge in [0, 0.05) is 25.3 Å². The normalized spacial score (nSPS) is 10.2. The van der Waals surface area contributed by atoms with Gasteiger partial charge in [0.25, 0.3) is 0 Å². The Balaban J connectivity index is 2.67. The molecule has 1 N–H and O–H groups in total. The van der Waals surface area contributed by atoms with E-state index in [4.69, 9.17) is 4.74 Å². The first-order valence-electron chi connectivity index (χ1n) is 6.21. The van der Waals surface area contributed by atoms with Gasteiger partial charge < -0.3 is 14.7 Å². The van der Waals surface area contributed by atoms with Crippen LogP contribution in [0, 0.1) is 0 Å². The highest BCUT2D eigenvalue weighted by Gasteiger charge is 2.13. The van der Waals surface area contributed by atoms with Gasteiger partial charge >= 0.3 is 0 Å². The van der Waals surface area contributed by atoms with Crippen molar-refractivity contribution in [3.05, 3.63) is 42.0 Å². The van der Waals surface area contributed by atoms with Gasteiger partial charge in [0.15, 0.2) is 17.8 Å². The molecule has 0 saturated carbocycles. The fourth-order valence-corrected chi connectivity index (χ4v) is 2.14. The standard InChI is InChI=1S/C16H17NO3/c1-17(2)14-7-5-4-6-13(14)11-8-12(10-18)16(19)15(9-11)20-3/h4-10,19H,1-3H3. The summed E-state index contributed by atoms with van der Waals surface area (Å²) in [7, 11) is 5.37. The number of ether oxygens (including phenoxy) is 1. The van der Waals surface area contributed by atoms with Gasteiger partial charge in [-0.1, -0.05) is 18.2 Å². The molecule has 4 heteroatoms. The van der Waals surface area contributed by atoms with Crippen LogP contribution in [0.25, 0.3) is 11.1 Å². The minimum absolute atomic E-state index is 0.131. The van der Waals surface area contributed by atoms with Crippen molar-refractivity contribution < 1.29 is 14.6 Å². The smallest absolute Gasteiger partial charge is 0.168 e. The van der Waals surface area contributed by atoms with Crippen LogP contribution in [0.2, 0.25) is 0 Å². The number of phenols is 1. The highest BCUT2D eigenvalue weighted by Crippen LogP contribution is 2.37. The van der Waals surface area contributed by atoms with Crippen LogP contribution < -0.4 is 9.64 Å². The summed E-state index contributed by atoms with van der Waals surface area (Å²) in [4.78, 5) is 13.1. The van der Waals surface area contributed by atoms with Crippen LogP contribution in [0.5, 0.6) is 11.5 Å². The molecule has 104 valence electrons. The fraction of sp³-hybridized carbons (Fsp3) is 0.188. The SMILES string of the molecule is COc1cc(-c2ccccc2N(C)C)cc(C=O)c1O. The van der Waals surface area contributed by atoms with Crippen molar-refractivity contribution in [1.82, 2.24) is 0 Å². The van der Waals surface area contributed by atoms with Crippen molar-refractivity contribution >= 4 is 12.0 Å². The summed E-state index contributed by atoms with van der Waals surface area (Å²) in [5.41, 5.74) is 3.04. The Labute approximate surface area is 118 Å². The number of phenolic OH excluding ortho intramolecular Hbond substituents is 1. The van der Waals surface area contributed by atoms with E-state index in [2.05, 4.69) is 0 Å². The van der Waals surface area contributed by atoms with Crippen LogP contribution in [-0.2, 0) is 0 Å². The van der Waals surface area contributed by atoms with Gasteiger partial charge in [0.05, 0.1) is 12.7 Å². The molecule has 0 aromatic heterocycles. The summed E-state index contributed by atoms with van der Waals surface area (Å²) in [6.07, 6.45) is 0.625. The first kappa shape index (κ1) is 13.9. The summed E-state index contributed by atoms with van der Waals surface area (Å²) in [5.74, 6) is 0.159. The molecular weight excluding hydrogens is 254 g/mol. The minimum Gasteiger partial charge on any atom is -0.504 e. The predicted molar refractivity (Wildman–Crippen MR) is 79.8 cm³/mol. The third-order valence-electron chi connectivity index (χ3n) is 3.15. The number of nitrogens with zero attached hydrogens (tertiary/aromatic N) is 1. The highest BCUT2D eigenvalue weighted by atomic mass is 16.5. The molecule has 0 fully saturated rings. The van der Waals surface area contributed by atoms with E-state index in [-0.39, 0.29) is 17.1 Å². The Morgan fingerprint density at radius 1 is 1.20 bits per heavy atom. The lowest BCUT2D eigenvalue weighted by atomic mass is 10.00. The van der Waals surface area contributed by atoms with Crippen LogP contribution in [0.15, 0.2) is 36.4 Å². The second-order valence-electron chi connectivity index (χ2n) is 4.65. The van der Waals surface area contributed by atoms with Crippen LogP contribution in [-0.4, -0.2) is 32.6 Å². The molecular formula is C16H17NO3. The molecule has 0 atom stereocenters. The molecule has 0 amide bonds. The number of hydrogen-bond donors (Lipinski definition) is 1. The van der Waals surface area contributed by atoms with E-state index in [0.717, 1.165) is 16.8 Å². The Bertz CT molecular complexity index is 636. The number of benzene rings is 2. The van der Waals surface area contributed by atoms with Gasteiger partial charge in [0.1, 0.15) is 0 Å². The number of methoxy groups -OCH3 is 1.